The SMILES string of the molecule is Cc1ccc(SCC(C)NC2CCC(C(=O)O)CC2)cc1. The van der Waals surface area contributed by atoms with Gasteiger partial charge in [0.2, 0.25) is 0 Å². The first-order valence-corrected chi connectivity index (χ1v) is 8.71. The minimum Gasteiger partial charge on any atom is -0.481 e. The summed E-state index contributed by atoms with van der Waals surface area (Å²) >= 11 is 1.87. The van der Waals surface area contributed by atoms with Crippen LogP contribution in [0.3, 0.4) is 0 Å². The van der Waals surface area contributed by atoms with E-state index in [1.54, 1.807) is 0 Å². The third-order valence-corrected chi connectivity index (χ3v) is 5.39. The van der Waals surface area contributed by atoms with Crippen LogP contribution >= 0.6 is 11.8 Å². The van der Waals surface area contributed by atoms with Crippen LogP contribution in [0.5, 0.6) is 0 Å². The fourth-order valence-electron chi connectivity index (χ4n) is 2.81. The van der Waals surface area contributed by atoms with Crippen molar-refractivity contribution in [2.45, 2.75) is 56.5 Å². The maximum atomic E-state index is 10.9. The summed E-state index contributed by atoms with van der Waals surface area (Å²) in [7, 11) is 0. The van der Waals surface area contributed by atoms with Gasteiger partial charge in [-0.15, -0.1) is 11.8 Å². The van der Waals surface area contributed by atoms with Crippen LogP contribution in [0, 0.1) is 12.8 Å². The first-order valence-electron chi connectivity index (χ1n) is 7.73. The third kappa shape index (κ3) is 5.36. The molecule has 0 spiro atoms. The minimum absolute atomic E-state index is 0.125. The third-order valence-electron chi connectivity index (χ3n) is 4.12. The van der Waals surface area contributed by atoms with Crippen molar-refractivity contribution in [2.24, 2.45) is 5.92 Å². The van der Waals surface area contributed by atoms with Crippen molar-refractivity contribution >= 4 is 17.7 Å². The van der Waals surface area contributed by atoms with E-state index in [4.69, 9.17) is 5.11 Å². The number of hydrogen-bond acceptors (Lipinski definition) is 3. The molecule has 0 heterocycles. The van der Waals surface area contributed by atoms with E-state index in [0.717, 1.165) is 31.4 Å². The fraction of sp³-hybridized carbons (Fsp3) is 0.588. The van der Waals surface area contributed by atoms with Gasteiger partial charge in [0.1, 0.15) is 0 Å². The molecule has 2 rings (SSSR count). The summed E-state index contributed by atoms with van der Waals surface area (Å²) in [6.07, 6.45) is 3.59. The Hall–Kier alpha value is -1.00. The highest BCUT2D eigenvalue weighted by Crippen LogP contribution is 2.25. The lowest BCUT2D eigenvalue weighted by atomic mass is 9.86. The molecule has 1 fully saturated rings. The van der Waals surface area contributed by atoms with E-state index in [-0.39, 0.29) is 5.92 Å². The van der Waals surface area contributed by atoms with Crippen molar-refractivity contribution < 1.29 is 9.90 Å². The summed E-state index contributed by atoms with van der Waals surface area (Å²) in [4.78, 5) is 12.3. The van der Waals surface area contributed by atoms with Gasteiger partial charge in [-0.1, -0.05) is 17.7 Å². The van der Waals surface area contributed by atoms with Crippen LogP contribution in [0.25, 0.3) is 0 Å². The van der Waals surface area contributed by atoms with Gasteiger partial charge in [0.05, 0.1) is 5.92 Å². The molecule has 0 amide bonds. The summed E-state index contributed by atoms with van der Waals surface area (Å²) in [5.74, 6) is 0.291. The van der Waals surface area contributed by atoms with Crippen molar-refractivity contribution in [3.63, 3.8) is 0 Å². The molecule has 0 aliphatic heterocycles. The number of benzene rings is 1. The molecule has 4 heteroatoms. The highest BCUT2D eigenvalue weighted by atomic mass is 32.2. The molecular weight excluding hydrogens is 282 g/mol. The number of carboxylic acid groups (broad SMARTS) is 1. The summed E-state index contributed by atoms with van der Waals surface area (Å²) < 4.78 is 0. The molecule has 1 aromatic carbocycles. The maximum Gasteiger partial charge on any atom is 0.306 e. The number of carboxylic acids is 1. The molecule has 0 bridgehead atoms. The second-order valence-electron chi connectivity index (χ2n) is 6.08. The number of aryl methyl sites for hydroxylation is 1. The highest BCUT2D eigenvalue weighted by Gasteiger charge is 2.26. The fourth-order valence-corrected chi connectivity index (χ4v) is 3.68. The maximum absolute atomic E-state index is 10.9. The Bertz CT molecular complexity index is 452. The number of thioether (sulfide) groups is 1. The lowest BCUT2D eigenvalue weighted by Crippen LogP contribution is -2.41. The van der Waals surface area contributed by atoms with Gasteiger partial charge in [-0.2, -0.15) is 0 Å². The minimum atomic E-state index is -0.628. The van der Waals surface area contributed by atoms with Crippen molar-refractivity contribution in [3.05, 3.63) is 29.8 Å². The molecule has 2 N–H and O–H groups in total. The largest absolute Gasteiger partial charge is 0.481 e. The first kappa shape index (κ1) is 16.4. The molecule has 1 atom stereocenters. The lowest BCUT2D eigenvalue weighted by Gasteiger charge is -2.29. The van der Waals surface area contributed by atoms with Crippen LogP contribution in [0.4, 0.5) is 0 Å². The van der Waals surface area contributed by atoms with Gasteiger partial charge < -0.3 is 10.4 Å². The van der Waals surface area contributed by atoms with E-state index >= 15 is 0 Å². The number of nitrogens with one attached hydrogen (secondary N) is 1. The Morgan fingerprint density at radius 1 is 1.29 bits per heavy atom. The summed E-state index contributed by atoms with van der Waals surface area (Å²) in [5.41, 5.74) is 1.29. The Morgan fingerprint density at radius 3 is 2.48 bits per heavy atom. The predicted octanol–water partition coefficient (Wildman–Crippen LogP) is 3.71. The zero-order chi connectivity index (χ0) is 15.2. The second-order valence-corrected chi connectivity index (χ2v) is 7.17. The summed E-state index contributed by atoms with van der Waals surface area (Å²) in [6.45, 7) is 4.32. The van der Waals surface area contributed by atoms with Crippen molar-refractivity contribution in [1.82, 2.24) is 5.32 Å². The van der Waals surface area contributed by atoms with Gasteiger partial charge in [-0.3, -0.25) is 4.79 Å². The van der Waals surface area contributed by atoms with Crippen molar-refractivity contribution in [2.75, 3.05) is 5.75 Å². The van der Waals surface area contributed by atoms with E-state index in [0.29, 0.717) is 12.1 Å². The second kappa shape index (κ2) is 7.85. The van der Waals surface area contributed by atoms with E-state index in [1.807, 2.05) is 11.8 Å². The molecule has 1 aromatic rings. The summed E-state index contributed by atoms with van der Waals surface area (Å²) in [6, 6.07) is 9.56. The van der Waals surface area contributed by atoms with Crippen LogP contribution in [0.15, 0.2) is 29.2 Å². The van der Waals surface area contributed by atoms with Gasteiger partial charge in [-0.25, -0.2) is 0 Å². The van der Waals surface area contributed by atoms with Crippen LogP contribution in [0.2, 0.25) is 0 Å². The molecule has 1 saturated carbocycles. The standard InChI is InChI=1S/C17H25NO2S/c1-12-3-9-16(10-4-12)21-11-13(2)18-15-7-5-14(6-8-15)17(19)20/h3-4,9-10,13-15,18H,5-8,11H2,1-2H3,(H,19,20). The highest BCUT2D eigenvalue weighted by molar-refractivity contribution is 7.99. The molecule has 0 radical (unpaired) electrons. The quantitative estimate of drug-likeness (QED) is 0.787. The molecule has 0 aromatic heterocycles. The molecule has 0 saturated heterocycles. The summed E-state index contributed by atoms with van der Waals surface area (Å²) in [5, 5.41) is 12.7. The molecule has 21 heavy (non-hydrogen) atoms. The number of rotatable bonds is 6. The molecule has 1 unspecified atom stereocenters. The van der Waals surface area contributed by atoms with Crippen LogP contribution < -0.4 is 5.32 Å². The zero-order valence-electron chi connectivity index (χ0n) is 12.8. The van der Waals surface area contributed by atoms with E-state index in [9.17, 15) is 4.79 Å². The topological polar surface area (TPSA) is 49.3 Å². The van der Waals surface area contributed by atoms with Gasteiger partial charge in [-0.05, 0) is 51.7 Å². The first-order chi connectivity index (χ1) is 10.0. The van der Waals surface area contributed by atoms with E-state index in [1.165, 1.54) is 10.5 Å². The van der Waals surface area contributed by atoms with Gasteiger partial charge in [0, 0.05) is 22.7 Å². The van der Waals surface area contributed by atoms with Crippen molar-refractivity contribution in [1.29, 1.82) is 0 Å². The Kier molecular flexibility index (Phi) is 6.12. The number of carbonyl (C=O) groups is 1. The van der Waals surface area contributed by atoms with Crippen LogP contribution in [0.1, 0.15) is 38.2 Å². The Balaban J connectivity index is 1.69. The number of hydrogen-bond donors (Lipinski definition) is 2. The Morgan fingerprint density at radius 2 is 1.90 bits per heavy atom. The predicted molar refractivity (Wildman–Crippen MR) is 87.9 cm³/mol. The average Bonchev–Trinajstić information content (AvgIpc) is 2.47. The molecule has 1 aliphatic carbocycles. The van der Waals surface area contributed by atoms with Gasteiger partial charge >= 0.3 is 5.97 Å². The van der Waals surface area contributed by atoms with Crippen LogP contribution in [-0.4, -0.2) is 28.9 Å². The number of aliphatic carboxylic acids is 1. The van der Waals surface area contributed by atoms with Gasteiger partial charge in [0.15, 0.2) is 0 Å². The lowest BCUT2D eigenvalue weighted by molar-refractivity contribution is -0.142. The van der Waals surface area contributed by atoms with E-state index in [2.05, 4.69) is 43.4 Å². The average molecular weight is 307 g/mol. The van der Waals surface area contributed by atoms with Crippen LogP contribution in [-0.2, 0) is 4.79 Å². The normalized spacial score (nSPS) is 23.7. The molecule has 116 valence electrons. The Labute approximate surface area is 131 Å². The van der Waals surface area contributed by atoms with E-state index < -0.39 is 5.97 Å². The monoisotopic (exact) mass is 307 g/mol. The smallest absolute Gasteiger partial charge is 0.306 e. The molecule has 3 nitrogen and oxygen atoms in total. The van der Waals surface area contributed by atoms with Crippen molar-refractivity contribution in [3.8, 4) is 0 Å². The zero-order valence-corrected chi connectivity index (χ0v) is 13.7. The molecular formula is C17H25NO2S. The molecule has 1 aliphatic rings. The van der Waals surface area contributed by atoms with Gasteiger partial charge in [0.25, 0.3) is 0 Å².